The van der Waals surface area contributed by atoms with Crippen LogP contribution in [0.5, 0.6) is 11.5 Å². The van der Waals surface area contributed by atoms with Gasteiger partial charge in [-0.3, -0.25) is 5.41 Å². The van der Waals surface area contributed by atoms with Crippen molar-refractivity contribution in [3.05, 3.63) is 18.2 Å². The zero-order valence-electron chi connectivity index (χ0n) is 10.00. The molecule has 1 saturated heterocycles. The first-order valence-corrected chi connectivity index (χ1v) is 5.33. The van der Waals surface area contributed by atoms with Crippen LogP contribution in [0.2, 0.25) is 0 Å². The summed E-state index contributed by atoms with van der Waals surface area (Å²) in [6.07, 6.45) is 1.88. The van der Waals surface area contributed by atoms with Crippen LogP contribution in [0.3, 0.4) is 0 Å². The van der Waals surface area contributed by atoms with E-state index in [2.05, 4.69) is 0 Å². The predicted molar refractivity (Wildman–Crippen MR) is 63.9 cm³/mol. The van der Waals surface area contributed by atoms with Gasteiger partial charge in [0.05, 0.1) is 19.9 Å². The van der Waals surface area contributed by atoms with E-state index in [1.54, 1.807) is 14.2 Å². The van der Waals surface area contributed by atoms with Gasteiger partial charge in [-0.25, -0.2) is 0 Å². The van der Waals surface area contributed by atoms with E-state index >= 15 is 0 Å². The second-order valence-corrected chi connectivity index (χ2v) is 3.74. The number of nitrogens with zero attached hydrogens (tertiary/aromatic N) is 1. The molecule has 1 N–H and O–H groups in total. The first-order valence-electron chi connectivity index (χ1n) is 5.33. The lowest BCUT2D eigenvalue weighted by atomic mass is 10.2. The number of ether oxygens (including phenoxy) is 2. The van der Waals surface area contributed by atoms with Crippen molar-refractivity contribution in [3.8, 4) is 11.5 Å². The molecule has 0 spiro atoms. The highest BCUT2D eigenvalue weighted by atomic mass is 35.5. The Morgan fingerprint density at radius 3 is 2.53 bits per heavy atom. The van der Waals surface area contributed by atoms with Crippen molar-refractivity contribution in [2.24, 2.45) is 0 Å². The van der Waals surface area contributed by atoms with Gasteiger partial charge in [0.1, 0.15) is 17.3 Å². The third-order valence-corrected chi connectivity index (χ3v) is 2.80. The molecule has 94 valence electrons. The highest BCUT2D eigenvalue weighted by Gasteiger charge is 2.21. The van der Waals surface area contributed by atoms with E-state index in [9.17, 15) is 0 Å². The summed E-state index contributed by atoms with van der Waals surface area (Å²) in [5, 5.41) is 7.85. The maximum atomic E-state index is 7.85. The molecule has 1 aliphatic rings. The van der Waals surface area contributed by atoms with Crippen molar-refractivity contribution >= 4 is 11.5 Å². The Morgan fingerprint density at radius 1 is 1.24 bits per heavy atom. The molecule has 17 heavy (non-hydrogen) atoms. The molecule has 4 nitrogen and oxygen atoms in total. The van der Waals surface area contributed by atoms with Gasteiger partial charge < -0.3 is 26.8 Å². The minimum absolute atomic E-state index is 0. The Hall–Kier alpha value is -1.42. The van der Waals surface area contributed by atoms with E-state index in [4.69, 9.17) is 14.9 Å². The first-order chi connectivity index (χ1) is 7.76. The lowest BCUT2D eigenvalue weighted by molar-refractivity contribution is -0.00000416. The number of anilines is 1. The van der Waals surface area contributed by atoms with E-state index < -0.39 is 0 Å². The van der Waals surface area contributed by atoms with Crippen LogP contribution < -0.4 is 26.8 Å². The maximum Gasteiger partial charge on any atom is 0.146 e. The summed E-state index contributed by atoms with van der Waals surface area (Å²) in [6.45, 7) is 0.890. The molecule has 0 amide bonds. The van der Waals surface area contributed by atoms with Gasteiger partial charge in [0.2, 0.25) is 0 Å². The highest BCUT2D eigenvalue weighted by Crippen LogP contribution is 2.34. The SMILES string of the molecule is COc1ccc(N2CCCC2=N)c(OC)c1.[Cl-]. The highest BCUT2D eigenvalue weighted by molar-refractivity contribution is 5.98. The largest absolute Gasteiger partial charge is 1.00 e. The molecule has 1 heterocycles. The van der Waals surface area contributed by atoms with Crippen LogP contribution in [0.25, 0.3) is 0 Å². The van der Waals surface area contributed by atoms with Crippen LogP contribution in [0.4, 0.5) is 5.69 Å². The molecule has 1 aromatic carbocycles. The topological polar surface area (TPSA) is 45.5 Å². The molecular formula is C12H16ClN2O2-. The van der Waals surface area contributed by atoms with Crippen LogP contribution in [-0.2, 0) is 0 Å². The molecule has 1 aromatic rings. The fourth-order valence-corrected chi connectivity index (χ4v) is 1.95. The van der Waals surface area contributed by atoms with Crippen molar-refractivity contribution in [1.29, 1.82) is 5.41 Å². The minimum atomic E-state index is 0. The maximum absolute atomic E-state index is 7.85. The third-order valence-electron chi connectivity index (χ3n) is 2.80. The van der Waals surface area contributed by atoms with E-state index in [-0.39, 0.29) is 12.4 Å². The molecule has 0 atom stereocenters. The standard InChI is InChI=1S/C12H16N2O2.ClH/c1-15-9-5-6-10(11(8-9)16-2)14-7-3-4-12(14)13;/h5-6,8,13H,3-4,7H2,1-2H3;1H/p-1. The number of halogens is 1. The zero-order chi connectivity index (χ0) is 11.5. The second kappa shape index (κ2) is 5.77. The molecular weight excluding hydrogens is 240 g/mol. The normalized spacial score (nSPS) is 14.5. The number of methoxy groups -OCH3 is 2. The Kier molecular flexibility index (Phi) is 4.63. The van der Waals surface area contributed by atoms with Crippen LogP contribution in [0.1, 0.15) is 12.8 Å². The third kappa shape index (κ3) is 2.64. The van der Waals surface area contributed by atoms with Gasteiger partial charge in [-0.15, -0.1) is 0 Å². The molecule has 2 rings (SSSR count). The summed E-state index contributed by atoms with van der Waals surface area (Å²) in [4.78, 5) is 1.98. The Bertz CT molecular complexity index is 409. The van der Waals surface area contributed by atoms with E-state index in [0.717, 1.165) is 36.6 Å². The van der Waals surface area contributed by atoms with Crippen LogP contribution in [0.15, 0.2) is 18.2 Å². The van der Waals surface area contributed by atoms with E-state index in [1.165, 1.54) is 0 Å². The Labute approximate surface area is 107 Å². The fraction of sp³-hybridized carbons (Fsp3) is 0.417. The quantitative estimate of drug-likeness (QED) is 0.776. The monoisotopic (exact) mass is 255 g/mol. The summed E-state index contributed by atoms with van der Waals surface area (Å²) in [6, 6.07) is 5.68. The molecule has 0 aliphatic carbocycles. The van der Waals surface area contributed by atoms with Crippen LogP contribution >= 0.6 is 0 Å². The van der Waals surface area contributed by atoms with Gasteiger partial charge in [0, 0.05) is 19.0 Å². The van der Waals surface area contributed by atoms with Crippen molar-refractivity contribution < 1.29 is 21.9 Å². The molecule has 5 heteroatoms. The summed E-state index contributed by atoms with van der Waals surface area (Å²) in [7, 11) is 3.27. The Balaban J connectivity index is 0.00000144. The lowest BCUT2D eigenvalue weighted by Crippen LogP contribution is -3.00. The molecule has 0 bridgehead atoms. The minimum Gasteiger partial charge on any atom is -1.00 e. The zero-order valence-corrected chi connectivity index (χ0v) is 10.8. The summed E-state index contributed by atoms with van der Waals surface area (Å²) in [5.41, 5.74) is 0.950. The van der Waals surface area contributed by atoms with E-state index in [1.807, 2.05) is 23.1 Å². The van der Waals surface area contributed by atoms with Crippen molar-refractivity contribution in [1.82, 2.24) is 0 Å². The van der Waals surface area contributed by atoms with Gasteiger partial charge in [0.25, 0.3) is 0 Å². The average molecular weight is 256 g/mol. The Morgan fingerprint density at radius 2 is 2.00 bits per heavy atom. The van der Waals surface area contributed by atoms with E-state index in [0.29, 0.717) is 5.84 Å². The molecule has 0 unspecified atom stereocenters. The smallest absolute Gasteiger partial charge is 0.146 e. The van der Waals surface area contributed by atoms with Crippen molar-refractivity contribution in [3.63, 3.8) is 0 Å². The van der Waals surface area contributed by atoms with Crippen molar-refractivity contribution in [2.75, 3.05) is 25.7 Å². The number of nitrogens with one attached hydrogen (secondary N) is 1. The lowest BCUT2D eigenvalue weighted by Gasteiger charge is -2.21. The van der Waals surface area contributed by atoms with Crippen molar-refractivity contribution in [2.45, 2.75) is 12.8 Å². The van der Waals surface area contributed by atoms with Crippen LogP contribution in [-0.4, -0.2) is 26.6 Å². The molecule has 1 fully saturated rings. The second-order valence-electron chi connectivity index (χ2n) is 3.74. The molecule has 0 saturated carbocycles. The first kappa shape index (κ1) is 13.6. The number of hydrogen-bond acceptors (Lipinski definition) is 3. The molecule has 0 radical (unpaired) electrons. The fourth-order valence-electron chi connectivity index (χ4n) is 1.95. The number of hydrogen-bond donors (Lipinski definition) is 1. The predicted octanol–water partition coefficient (Wildman–Crippen LogP) is -0.715. The summed E-state index contributed by atoms with van der Waals surface area (Å²) < 4.78 is 10.5. The van der Waals surface area contributed by atoms with Gasteiger partial charge in [0.15, 0.2) is 0 Å². The van der Waals surface area contributed by atoms with Crippen LogP contribution in [0, 0.1) is 5.41 Å². The van der Waals surface area contributed by atoms with Gasteiger partial charge >= 0.3 is 0 Å². The molecule has 1 aliphatic heterocycles. The van der Waals surface area contributed by atoms with Gasteiger partial charge in [-0.05, 0) is 18.6 Å². The molecule has 0 aromatic heterocycles. The number of rotatable bonds is 3. The van der Waals surface area contributed by atoms with Gasteiger partial charge in [-0.1, -0.05) is 0 Å². The summed E-state index contributed by atoms with van der Waals surface area (Å²) >= 11 is 0. The summed E-state index contributed by atoms with van der Waals surface area (Å²) in [5.74, 6) is 2.18. The number of benzene rings is 1. The number of amidine groups is 1. The van der Waals surface area contributed by atoms with Gasteiger partial charge in [-0.2, -0.15) is 0 Å². The average Bonchev–Trinajstić information content (AvgIpc) is 2.74.